The van der Waals surface area contributed by atoms with E-state index in [1.165, 1.54) is 32.4 Å². The van der Waals surface area contributed by atoms with Crippen molar-refractivity contribution >= 4 is 35.5 Å². The van der Waals surface area contributed by atoms with Crippen LogP contribution in [-0.4, -0.2) is 36.1 Å². The monoisotopic (exact) mass is 329 g/mol. The highest BCUT2D eigenvalue weighted by Gasteiger charge is 2.08. The summed E-state index contributed by atoms with van der Waals surface area (Å²) in [5.74, 6) is -0.692. The Morgan fingerprint density at radius 2 is 2.04 bits per heavy atom. The van der Waals surface area contributed by atoms with Gasteiger partial charge in [-0.25, -0.2) is 9.59 Å². The number of methoxy groups -OCH3 is 2. The average Bonchev–Trinajstić information content (AvgIpc) is 2.97. The van der Waals surface area contributed by atoms with E-state index in [-0.39, 0.29) is 11.8 Å². The fourth-order valence-electron chi connectivity index (χ4n) is 1.73. The second kappa shape index (κ2) is 7.68. The quantitative estimate of drug-likeness (QED) is 0.491. The summed E-state index contributed by atoms with van der Waals surface area (Å²) in [6.07, 6.45) is 2.62. The topological polar surface area (TPSA) is 132 Å². The highest BCUT2D eigenvalue weighted by Crippen LogP contribution is 2.23. The van der Waals surface area contributed by atoms with Crippen LogP contribution in [0.4, 0.5) is 17.5 Å². The average molecular weight is 329 g/mol. The molecule has 0 amide bonds. The van der Waals surface area contributed by atoms with E-state index in [9.17, 15) is 9.59 Å². The number of aromatic amines is 1. The Morgan fingerprint density at radius 3 is 2.75 bits per heavy atom. The number of aromatic nitrogens is 2. The number of H-pyrrole nitrogens is 1. The SMILES string of the molecule is COC(=O)/C=C/c1[nH]c(N)nc1N=Nc1cccc(C(=O)OC)c1. The van der Waals surface area contributed by atoms with Gasteiger partial charge in [-0.1, -0.05) is 6.07 Å². The summed E-state index contributed by atoms with van der Waals surface area (Å²) >= 11 is 0. The summed E-state index contributed by atoms with van der Waals surface area (Å²) < 4.78 is 9.15. The van der Waals surface area contributed by atoms with Crippen molar-refractivity contribution in [2.24, 2.45) is 10.2 Å². The number of rotatable bonds is 5. The van der Waals surface area contributed by atoms with Gasteiger partial charge in [0, 0.05) is 6.08 Å². The summed E-state index contributed by atoms with van der Waals surface area (Å²) in [4.78, 5) is 29.3. The molecule has 0 aliphatic rings. The van der Waals surface area contributed by atoms with Gasteiger partial charge in [0.2, 0.25) is 5.82 Å². The molecule has 3 N–H and O–H groups in total. The Hall–Kier alpha value is -3.49. The number of carbonyl (C=O) groups is 2. The summed E-state index contributed by atoms with van der Waals surface area (Å²) in [5, 5.41) is 7.98. The number of esters is 2. The Labute approximate surface area is 137 Å². The molecule has 0 atom stereocenters. The molecular weight excluding hydrogens is 314 g/mol. The fourth-order valence-corrected chi connectivity index (χ4v) is 1.73. The second-order valence-electron chi connectivity index (χ2n) is 4.46. The first-order valence-corrected chi connectivity index (χ1v) is 6.75. The zero-order valence-corrected chi connectivity index (χ0v) is 13.0. The fraction of sp³-hybridized carbons (Fsp3) is 0.133. The third kappa shape index (κ3) is 4.26. The van der Waals surface area contributed by atoms with Crippen molar-refractivity contribution in [3.63, 3.8) is 0 Å². The second-order valence-corrected chi connectivity index (χ2v) is 4.46. The predicted molar refractivity (Wildman–Crippen MR) is 86.0 cm³/mol. The molecule has 0 radical (unpaired) electrons. The largest absolute Gasteiger partial charge is 0.466 e. The van der Waals surface area contributed by atoms with E-state index < -0.39 is 11.9 Å². The van der Waals surface area contributed by atoms with Crippen LogP contribution in [-0.2, 0) is 14.3 Å². The lowest BCUT2D eigenvalue weighted by Gasteiger charge is -1.99. The molecule has 1 aromatic heterocycles. The number of nitrogens with zero attached hydrogens (tertiary/aromatic N) is 3. The Kier molecular flexibility index (Phi) is 5.40. The molecule has 0 spiro atoms. The predicted octanol–water partition coefficient (Wildman–Crippen LogP) is 2.38. The van der Waals surface area contributed by atoms with Gasteiger partial charge in [-0.2, -0.15) is 4.98 Å². The van der Waals surface area contributed by atoms with Gasteiger partial charge in [0.15, 0.2) is 5.95 Å². The molecule has 1 heterocycles. The maximum absolute atomic E-state index is 11.5. The molecule has 0 saturated carbocycles. The van der Waals surface area contributed by atoms with E-state index in [0.717, 1.165) is 0 Å². The van der Waals surface area contributed by atoms with Crippen LogP contribution in [0.1, 0.15) is 16.1 Å². The smallest absolute Gasteiger partial charge is 0.337 e. The molecule has 1 aromatic carbocycles. The molecule has 0 fully saturated rings. The minimum Gasteiger partial charge on any atom is -0.466 e. The zero-order valence-electron chi connectivity index (χ0n) is 13.0. The van der Waals surface area contributed by atoms with Crippen molar-refractivity contribution in [2.45, 2.75) is 0 Å². The molecule has 0 saturated heterocycles. The standard InChI is InChI=1S/C15H15N5O4/c1-23-12(21)7-6-11-13(18-15(16)17-11)20-19-10-5-3-4-9(8-10)14(22)24-2/h3-8H,1-2H3,(H3,16,17,18)/b7-6+,20-19?. The summed E-state index contributed by atoms with van der Waals surface area (Å²) in [6, 6.07) is 6.44. The molecule has 0 unspecified atom stereocenters. The summed E-state index contributed by atoms with van der Waals surface area (Å²) in [6.45, 7) is 0. The van der Waals surface area contributed by atoms with Crippen molar-refractivity contribution in [1.82, 2.24) is 9.97 Å². The molecule has 2 rings (SSSR count). The van der Waals surface area contributed by atoms with Gasteiger partial charge < -0.3 is 20.2 Å². The van der Waals surface area contributed by atoms with E-state index in [2.05, 4.69) is 29.7 Å². The molecule has 0 aliphatic carbocycles. The first-order chi connectivity index (χ1) is 11.5. The number of benzene rings is 1. The molecule has 0 aliphatic heterocycles. The number of ether oxygens (including phenoxy) is 2. The first kappa shape index (κ1) is 16.9. The Balaban J connectivity index is 2.25. The van der Waals surface area contributed by atoms with Crippen molar-refractivity contribution in [1.29, 1.82) is 0 Å². The van der Waals surface area contributed by atoms with Gasteiger partial charge in [-0.05, 0) is 24.3 Å². The van der Waals surface area contributed by atoms with Crippen LogP contribution in [0.5, 0.6) is 0 Å². The van der Waals surface area contributed by atoms with Crippen LogP contribution >= 0.6 is 0 Å². The van der Waals surface area contributed by atoms with Crippen LogP contribution in [0.2, 0.25) is 0 Å². The highest BCUT2D eigenvalue weighted by atomic mass is 16.5. The molecule has 0 bridgehead atoms. The highest BCUT2D eigenvalue weighted by molar-refractivity contribution is 5.90. The normalized spacial score (nSPS) is 11.1. The number of nitrogens with two attached hydrogens (primary N) is 1. The molecule has 124 valence electrons. The van der Waals surface area contributed by atoms with Crippen molar-refractivity contribution < 1.29 is 19.1 Å². The lowest BCUT2D eigenvalue weighted by Crippen LogP contribution is -1.99. The zero-order chi connectivity index (χ0) is 17.5. The minimum absolute atomic E-state index is 0.122. The number of hydrogen-bond acceptors (Lipinski definition) is 8. The van der Waals surface area contributed by atoms with Crippen LogP contribution < -0.4 is 5.73 Å². The van der Waals surface area contributed by atoms with Crippen LogP contribution in [0, 0.1) is 0 Å². The number of carbonyl (C=O) groups excluding carboxylic acids is 2. The molecular formula is C15H15N5O4. The van der Waals surface area contributed by atoms with E-state index in [4.69, 9.17) is 5.73 Å². The number of nitrogen functional groups attached to an aromatic ring is 1. The molecule has 9 heteroatoms. The van der Waals surface area contributed by atoms with Gasteiger partial charge in [-0.15, -0.1) is 10.2 Å². The van der Waals surface area contributed by atoms with Crippen molar-refractivity contribution in [3.8, 4) is 0 Å². The number of hydrogen-bond donors (Lipinski definition) is 2. The maximum Gasteiger partial charge on any atom is 0.337 e. The van der Waals surface area contributed by atoms with Crippen molar-refractivity contribution in [2.75, 3.05) is 20.0 Å². The Morgan fingerprint density at radius 1 is 1.25 bits per heavy atom. The Bertz CT molecular complexity index is 810. The lowest BCUT2D eigenvalue weighted by molar-refractivity contribution is -0.134. The van der Waals surface area contributed by atoms with E-state index >= 15 is 0 Å². The summed E-state index contributed by atoms with van der Waals surface area (Å²) in [7, 11) is 2.56. The van der Waals surface area contributed by atoms with Crippen LogP contribution in [0.3, 0.4) is 0 Å². The van der Waals surface area contributed by atoms with Crippen molar-refractivity contribution in [3.05, 3.63) is 41.6 Å². The molecule has 9 nitrogen and oxygen atoms in total. The third-order valence-electron chi connectivity index (χ3n) is 2.84. The number of imidazole rings is 1. The third-order valence-corrected chi connectivity index (χ3v) is 2.84. The first-order valence-electron chi connectivity index (χ1n) is 6.75. The van der Waals surface area contributed by atoms with Crippen LogP contribution in [0.25, 0.3) is 6.08 Å². The summed E-state index contributed by atoms with van der Waals surface area (Å²) in [5.41, 5.74) is 6.76. The number of azo groups is 1. The van der Waals surface area contributed by atoms with E-state index in [1.54, 1.807) is 18.2 Å². The van der Waals surface area contributed by atoms with Gasteiger partial charge in [0.05, 0.1) is 31.2 Å². The lowest BCUT2D eigenvalue weighted by atomic mass is 10.2. The van der Waals surface area contributed by atoms with E-state index in [0.29, 0.717) is 16.9 Å². The van der Waals surface area contributed by atoms with Gasteiger partial charge in [-0.3, -0.25) is 0 Å². The number of nitrogens with one attached hydrogen (secondary N) is 1. The number of anilines is 1. The van der Waals surface area contributed by atoms with Crippen LogP contribution in [0.15, 0.2) is 40.6 Å². The van der Waals surface area contributed by atoms with Gasteiger partial charge in [0.25, 0.3) is 0 Å². The molecule has 2 aromatic rings. The minimum atomic E-state index is -0.531. The van der Waals surface area contributed by atoms with E-state index in [1.807, 2.05) is 0 Å². The van der Waals surface area contributed by atoms with Gasteiger partial charge >= 0.3 is 11.9 Å². The van der Waals surface area contributed by atoms with Gasteiger partial charge in [0.1, 0.15) is 0 Å². The maximum atomic E-state index is 11.5. The molecule has 24 heavy (non-hydrogen) atoms.